The highest BCUT2D eigenvalue weighted by Crippen LogP contribution is 2.30. The Balaban J connectivity index is 2.34. The molecule has 3 N–H and O–H groups in total. The van der Waals surface area contributed by atoms with Gasteiger partial charge in [-0.25, -0.2) is 0 Å². The molecular formula is C15H15F2NO2. The molecule has 2 aromatic rings. The molecule has 0 saturated heterocycles. The van der Waals surface area contributed by atoms with Gasteiger partial charge in [-0.15, -0.1) is 0 Å². The van der Waals surface area contributed by atoms with Crippen LogP contribution in [0.25, 0.3) is 11.1 Å². The number of hydrogen-bond acceptors (Lipinski definition) is 3. The zero-order valence-electron chi connectivity index (χ0n) is 10.9. The number of aliphatic hydroxyl groups excluding tert-OH is 1. The maximum absolute atomic E-state index is 12.2. The van der Waals surface area contributed by atoms with E-state index in [-0.39, 0.29) is 11.4 Å². The molecule has 106 valence electrons. The molecule has 0 heterocycles. The summed E-state index contributed by atoms with van der Waals surface area (Å²) >= 11 is 0. The van der Waals surface area contributed by atoms with Crippen LogP contribution in [-0.2, 0) is 0 Å². The molecule has 20 heavy (non-hydrogen) atoms. The summed E-state index contributed by atoms with van der Waals surface area (Å²) in [5.74, 6) is -0.0459. The Hall–Kier alpha value is -2.14. The fourth-order valence-electron chi connectivity index (χ4n) is 1.91. The number of nitrogen functional groups attached to an aromatic ring is 1. The molecule has 0 aromatic heterocycles. The fraction of sp³-hybridized carbons (Fsp3) is 0.200. The van der Waals surface area contributed by atoms with Gasteiger partial charge in [-0.2, -0.15) is 8.78 Å². The molecule has 3 nitrogen and oxygen atoms in total. The molecule has 0 spiro atoms. The van der Waals surface area contributed by atoms with E-state index in [0.717, 1.165) is 16.7 Å². The molecule has 0 aliphatic carbocycles. The van der Waals surface area contributed by atoms with Crippen molar-refractivity contribution < 1.29 is 18.6 Å². The second-order valence-electron chi connectivity index (χ2n) is 4.43. The van der Waals surface area contributed by atoms with Crippen molar-refractivity contribution in [1.29, 1.82) is 0 Å². The second kappa shape index (κ2) is 5.88. The normalized spacial score (nSPS) is 12.4. The van der Waals surface area contributed by atoms with E-state index >= 15 is 0 Å². The van der Waals surface area contributed by atoms with Crippen LogP contribution < -0.4 is 10.5 Å². The number of hydrogen-bond donors (Lipinski definition) is 2. The van der Waals surface area contributed by atoms with Crippen LogP contribution in [0.15, 0.2) is 42.5 Å². The van der Waals surface area contributed by atoms with Crippen LogP contribution in [-0.4, -0.2) is 11.7 Å². The smallest absolute Gasteiger partial charge is 0.387 e. The van der Waals surface area contributed by atoms with Gasteiger partial charge in [0.05, 0.1) is 11.8 Å². The molecule has 0 bridgehead atoms. The van der Waals surface area contributed by atoms with E-state index < -0.39 is 12.7 Å². The molecule has 0 radical (unpaired) electrons. The van der Waals surface area contributed by atoms with Gasteiger partial charge in [0.25, 0.3) is 0 Å². The Kier molecular flexibility index (Phi) is 4.20. The van der Waals surface area contributed by atoms with Crippen molar-refractivity contribution in [1.82, 2.24) is 0 Å². The molecule has 0 saturated carbocycles. The molecular weight excluding hydrogens is 264 g/mol. The van der Waals surface area contributed by atoms with E-state index in [4.69, 9.17) is 5.73 Å². The third kappa shape index (κ3) is 3.24. The average molecular weight is 279 g/mol. The first-order valence-corrected chi connectivity index (χ1v) is 6.10. The number of rotatable bonds is 4. The van der Waals surface area contributed by atoms with E-state index in [2.05, 4.69) is 4.74 Å². The third-order valence-corrected chi connectivity index (χ3v) is 2.93. The Morgan fingerprint density at radius 3 is 2.40 bits per heavy atom. The lowest BCUT2D eigenvalue weighted by atomic mass is 10.0. The van der Waals surface area contributed by atoms with Gasteiger partial charge in [0, 0.05) is 0 Å². The van der Waals surface area contributed by atoms with Gasteiger partial charge >= 0.3 is 6.61 Å². The molecule has 2 aromatic carbocycles. The zero-order valence-corrected chi connectivity index (χ0v) is 10.9. The van der Waals surface area contributed by atoms with E-state index in [9.17, 15) is 13.9 Å². The van der Waals surface area contributed by atoms with E-state index in [0.29, 0.717) is 0 Å². The van der Waals surface area contributed by atoms with Crippen LogP contribution in [0.4, 0.5) is 14.5 Å². The maximum Gasteiger partial charge on any atom is 0.387 e. The van der Waals surface area contributed by atoms with Crippen LogP contribution in [0.5, 0.6) is 5.75 Å². The number of ether oxygens (including phenoxy) is 1. The Bertz CT molecular complexity index is 600. The molecule has 1 atom stereocenters. The monoisotopic (exact) mass is 279 g/mol. The summed E-state index contributed by atoms with van der Waals surface area (Å²) in [7, 11) is 0. The largest absolute Gasteiger partial charge is 0.433 e. The first-order chi connectivity index (χ1) is 9.47. The predicted molar refractivity (Wildman–Crippen MR) is 73.6 cm³/mol. The Morgan fingerprint density at radius 1 is 1.10 bits per heavy atom. The van der Waals surface area contributed by atoms with E-state index in [1.165, 1.54) is 6.07 Å². The molecule has 0 amide bonds. The molecule has 0 aliphatic heterocycles. The van der Waals surface area contributed by atoms with Crippen LogP contribution in [0.2, 0.25) is 0 Å². The third-order valence-electron chi connectivity index (χ3n) is 2.93. The lowest BCUT2D eigenvalue weighted by Crippen LogP contribution is -2.04. The standard InChI is InChI=1S/C15H15F2NO2/c1-9(19)10-3-2-4-11(7-10)12-5-6-14(13(18)8-12)20-15(16)17/h2-9,15,19H,18H2,1H3. The average Bonchev–Trinajstić information content (AvgIpc) is 2.40. The van der Waals surface area contributed by atoms with Crippen molar-refractivity contribution in [3.8, 4) is 16.9 Å². The molecule has 2 rings (SSSR count). The van der Waals surface area contributed by atoms with Gasteiger partial charge in [-0.05, 0) is 41.8 Å². The van der Waals surface area contributed by atoms with Gasteiger partial charge < -0.3 is 15.6 Å². The quantitative estimate of drug-likeness (QED) is 0.841. The maximum atomic E-state index is 12.2. The number of nitrogens with two attached hydrogens (primary N) is 1. The van der Waals surface area contributed by atoms with Gasteiger partial charge in [0.1, 0.15) is 5.75 Å². The van der Waals surface area contributed by atoms with Crippen LogP contribution >= 0.6 is 0 Å². The van der Waals surface area contributed by atoms with E-state index in [1.807, 2.05) is 24.3 Å². The summed E-state index contributed by atoms with van der Waals surface area (Å²) in [6.07, 6.45) is -0.575. The summed E-state index contributed by atoms with van der Waals surface area (Å²) in [4.78, 5) is 0. The highest BCUT2D eigenvalue weighted by Gasteiger charge is 2.10. The zero-order chi connectivity index (χ0) is 14.7. The van der Waals surface area contributed by atoms with Gasteiger partial charge in [-0.1, -0.05) is 24.3 Å². The Labute approximate surface area is 115 Å². The highest BCUT2D eigenvalue weighted by molar-refractivity contribution is 5.71. The van der Waals surface area contributed by atoms with Crippen molar-refractivity contribution in [2.45, 2.75) is 19.6 Å². The SMILES string of the molecule is CC(O)c1cccc(-c2ccc(OC(F)F)c(N)c2)c1. The van der Waals surface area contributed by atoms with Crippen molar-refractivity contribution in [3.63, 3.8) is 0 Å². The van der Waals surface area contributed by atoms with Crippen LogP contribution in [0, 0.1) is 0 Å². The summed E-state index contributed by atoms with van der Waals surface area (Å²) in [6.45, 7) is -1.23. The second-order valence-corrected chi connectivity index (χ2v) is 4.43. The minimum absolute atomic E-state index is 0.0459. The number of alkyl halides is 2. The van der Waals surface area contributed by atoms with Gasteiger partial charge in [-0.3, -0.25) is 0 Å². The molecule has 0 aliphatic rings. The molecule has 0 fully saturated rings. The van der Waals surface area contributed by atoms with Crippen molar-refractivity contribution >= 4 is 5.69 Å². The highest BCUT2D eigenvalue weighted by atomic mass is 19.3. The molecule has 1 unspecified atom stereocenters. The van der Waals surface area contributed by atoms with Crippen LogP contribution in [0.3, 0.4) is 0 Å². The number of benzene rings is 2. The minimum atomic E-state index is -2.90. The topological polar surface area (TPSA) is 55.5 Å². The van der Waals surface area contributed by atoms with Gasteiger partial charge in [0.15, 0.2) is 0 Å². The first kappa shape index (κ1) is 14.3. The van der Waals surface area contributed by atoms with Crippen molar-refractivity contribution in [2.24, 2.45) is 0 Å². The van der Waals surface area contributed by atoms with Crippen molar-refractivity contribution in [3.05, 3.63) is 48.0 Å². The van der Waals surface area contributed by atoms with Crippen molar-refractivity contribution in [2.75, 3.05) is 5.73 Å². The van der Waals surface area contributed by atoms with Crippen LogP contribution in [0.1, 0.15) is 18.6 Å². The number of halogens is 2. The summed E-state index contributed by atoms with van der Waals surface area (Å²) in [5.41, 5.74) is 8.23. The summed E-state index contributed by atoms with van der Waals surface area (Å²) < 4.78 is 28.6. The fourth-order valence-corrected chi connectivity index (χ4v) is 1.91. The number of anilines is 1. The van der Waals surface area contributed by atoms with Gasteiger partial charge in [0.2, 0.25) is 0 Å². The minimum Gasteiger partial charge on any atom is -0.433 e. The number of aliphatic hydroxyl groups is 1. The van der Waals surface area contributed by atoms with E-state index in [1.54, 1.807) is 19.1 Å². The first-order valence-electron chi connectivity index (χ1n) is 6.10. The summed E-state index contributed by atoms with van der Waals surface area (Å²) in [6, 6.07) is 11.9. The molecule has 5 heteroatoms. The summed E-state index contributed by atoms with van der Waals surface area (Å²) in [5, 5.41) is 9.56. The lowest BCUT2D eigenvalue weighted by Gasteiger charge is -2.11. The Morgan fingerprint density at radius 2 is 1.80 bits per heavy atom. The predicted octanol–water partition coefficient (Wildman–Crippen LogP) is 3.59. The lowest BCUT2D eigenvalue weighted by molar-refractivity contribution is -0.0493.